The Labute approximate surface area is 172 Å². The van der Waals surface area contributed by atoms with Gasteiger partial charge in [0.1, 0.15) is 0 Å². The van der Waals surface area contributed by atoms with Crippen LogP contribution in [0.1, 0.15) is 39.1 Å². The second-order valence-electron chi connectivity index (χ2n) is 6.20. The van der Waals surface area contributed by atoms with Crippen LogP contribution in [0.5, 0.6) is 11.5 Å². The van der Waals surface area contributed by atoms with Crippen molar-refractivity contribution in [3.8, 4) is 22.1 Å². The molecule has 1 aromatic carbocycles. The summed E-state index contributed by atoms with van der Waals surface area (Å²) >= 11 is 1.60. The van der Waals surface area contributed by atoms with Gasteiger partial charge >= 0.3 is 0 Å². The second kappa shape index (κ2) is 9.24. The number of nitrogens with zero attached hydrogens (tertiary/aromatic N) is 1. The lowest BCUT2D eigenvalue weighted by atomic mass is 10.2. The third-order valence-corrected chi connectivity index (χ3v) is 5.03. The number of aromatic nitrogens is 2. The molecule has 3 N–H and O–H groups in total. The molecule has 0 unspecified atom stereocenters. The quantitative estimate of drug-likeness (QED) is 0.515. The molecule has 2 aromatic heterocycles. The van der Waals surface area contributed by atoms with Crippen LogP contribution < -0.4 is 20.3 Å². The van der Waals surface area contributed by atoms with Gasteiger partial charge in [0.25, 0.3) is 11.8 Å². The highest BCUT2D eigenvalue weighted by Crippen LogP contribution is 2.28. The Kier molecular flexibility index (Phi) is 6.50. The van der Waals surface area contributed by atoms with Gasteiger partial charge in [-0.05, 0) is 49.7 Å². The van der Waals surface area contributed by atoms with Crippen molar-refractivity contribution >= 4 is 23.2 Å². The molecule has 152 valence electrons. The number of nitrogens with one attached hydrogen (secondary N) is 3. The first kappa shape index (κ1) is 20.4. The monoisotopic (exact) mass is 414 g/mol. The number of benzene rings is 1. The lowest BCUT2D eigenvalue weighted by Gasteiger charge is -2.12. The number of hydrogen-bond donors (Lipinski definition) is 3. The van der Waals surface area contributed by atoms with Gasteiger partial charge in [-0.15, -0.1) is 11.3 Å². The summed E-state index contributed by atoms with van der Waals surface area (Å²) in [6, 6.07) is 10.4. The molecule has 3 rings (SSSR count). The van der Waals surface area contributed by atoms with Crippen LogP contribution in [0.25, 0.3) is 10.6 Å². The number of amides is 2. The Morgan fingerprint density at radius 2 is 1.90 bits per heavy atom. The molecule has 0 spiro atoms. The minimum atomic E-state index is -0.524. The van der Waals surface area contributed by atoms with Crippen molar-refractivity contribution in [3.63, 3.8) is 0 Å². The number of rotatable bonds is 7. The van der Waals surface area contributed by atoms with Crippen molar-refractivity contribution in [2.24, 2.45) is 0 Å². The second-order valence-corrected chi connectivity index (χ2v) is 7.49. The number of carbonyl (C=O) groups excluding carboxylic acids is 2. The predicted molar refractivity (Wildman–Crippen MR) is 110 cm³/mol. The van der Waals surface area contributed by atoms with Gasteiger partial charge in [0.2, 0.25) is 0 Å². The molecule has 0 saturated heterocycles. The minimum absolute atomic E-state index is 0.173. The molecule has 0 atom stereocenters. The van der Waals surface area contributed by atoms with E-state index >= 15 is 0 Å². The molecule has 2 amide bonds. The van der Waals surface area contributed by atoms with Crippen molar-refractivity contribution < 1.29 is 19.1 Å². The van der Waals surface area contributed by atoms with Crippen molar-refractivity contribution in [3.05, 3.63) is 52.5 Å². The summed E-state index contributed by atoms with van der Waals surface area (Å²) < 4.78 is 10.8. The van der Waals surface area contributed by atoms with Gasteiger partial charge in [-0.1, -0.05) is 6.92 Å². The Balaban J connectivity index is 1.61. The summed E-state index contributed by atoms with van der Waals surface area (Å²) in [5.41, 5.74) is 5.98. The first-order valence-electron chi connectivity index (χ1n) is 9.05. The maximum Gasteiger partial charge on any atom is 0.290 e. The first-order chi connectivity index (χ1) is 14.0. The lowest BCUT2D eigenvalue weighted by molar-refractivity contribution is 0.0843. The normalized spacial score (nSPS) is 10.4. The molecule has 0 aliphatic heterocycles. The maximum atomic E-state index is 12.4. The molecule has 0 radical (unpaired) electrons. The molecule has 0 bridgehead atoms. The zero-order valence-electron chi connectivity index (χ0n) is 16.4. The smallest absolute Gasteiger partial charge is 0.290 e. The summed E-state index contributed by atoms with van der Waals surface area (Å²) in [5.74, 6) is -0.00395. The van der Waals surface area contributed by atoms with E-state index in [-0.39, 0.29) is 5.69 Å². The van der Waals surface area contributed by atoms with E-state index in [0.29, 0.717) is 23.7 Å². The van der Waals surface area contributed by atoms with E-state index in [1.54, 1.807) is 35.6 Å². The van der Waals surface area contributed by atoms with Crippen LogP contribution in [0.2, 0.25) is 0 Å². The van der Waals surface area contributed by atoms with Gasteiger partial charge in [-0.25, -0.2) is 0 Å². The summed E-state index contributed by atoms with van der Waals surface area (Å²) in [6.07, 6.45) is 0.860. The highest BCUT2D eigenvalue weighted by molar-refractivity contribution is 7.15. The number of methoxy groups -OCH3 is 1. The maximum absolute atomic E-state index is 12.4. The highest BCUT2D eigenvalue weighted by Gasteiger charge is 2.15. The molecule has 3 aromatic rings. The Hall–Kier alpha value is -3.33. The third-order valence-electron chi connectivity index (χ3n) is 3.99. The number of hydrazine groups is 1. The van der Waals surface area contributed by atoms with E-state index in [4.69, 9.17) is 9.47 Å². The molecule has 2 heterocycles. The molecule has 0 fully saturated rings. The van der Waals surface area contributed by atoms with Gasteiger partial charge in [0.15, 0.2) is 17.2 Å². The molecule has 9 heteroatoms. The summed E-state index contributed by atoms with van der Waals surface area (Å²) in [7, 11) is 1.50. The number of aromatic amines is 1. The summed E-state index contributed by atoms with van der Waals surface area (Å²) in [6.45, 7) is 4.56. The molecule has 0 aliphatic carbocycles. The largest absolute Gasteiger partial charge is 0.493 e. The van der Waals surface area contributed by atoms with E-state index in [0.717, 1.165) is 21.9 Å². The van der Waals surface area contributed by atoms with E-state index in [2.05, 4.69) is 21.0 Å². The SMILES string of the molecule is CCCOc1ccc(C(=O)NNC(=O)c2cc(-c3ccc(C)s3)[nH]n2)cc1OC. The van der Waals surface area contributed by atoms with Crippen molar-refractivity contribution in [1.82, 2.24) is 21.0 Å². The number of aryl methyl sites for hydroxylation is 1. The zero-order valence-corrected chi connectivity index (χ0v) is 17.2. The van der Waals surface area contributed by atoms with E-state index in [1.807, 2.05) is 26.0 Å². The Morgan fingerprint density at radius 3 is 2.59 bits per heavy atom. The zero-order chi connectivity index (χ0) is 20.8. The number of H-pyrrole nitrogens is 1. The number of ether oxygens (including phenoxy) is 2. The van der Waals surface area contributed by atoms with Gasteiger partial charge in [-0.2, -0.15) is 5.10 Å². The molecule has 0 aliphatic rings. The van der Waals surface area contributed by atoms with E-state index in [9.17, 15) is 9.59 Å². The summed E-state index contributed by atoms with van der Waals surface area (Å²) in [5, 5.41) is 6.83. The van der Waals surface area contributed by atoms with Crippen LogP contribution in [-0.4, -0.2) is 35.7 Å². The van der Waals surface area contributed by atoms with E-state index < -0.39 is 11.8 Å². The average molecular weight is 414 g/mol. The van der Waals surface area contributed by atoms with Gasteiger partial charge in [-0.3, -0.25) is 25.5 Å². The number of hydrogen-bond acceptors (Lipinski definition) is 6. The highest BCUT2D eigenvalue weighted by atomic mass is 32.1. The fourth-order valence-corrected chi connectivity index (χ4v) is 3.37. The van der Waals surface area contributed by atoms with Crippen LogP contribution >= 0.6 is 11.3 Å². The van der Waals surface area contributed by atoms with Crippen molar-refractivity contribution in [2.75, 3.05) is 13.7 Å². The van der Waals surface area contributed by atoms with Crippen LogP contribution in [0.4, 0.5) is 0 Å². The lowest BCUT2D eigenvalue weighted by Crippen LogP contribution is -2.41. The fraction of sp³-hybridized carbons (Fsp3) is 0.250. The third kappa shape index (κ3) is 4.94. The minimum Gasteiger partial charge on any atom is -0.493 e. The molecule has 8 nitrogen and oxygen atoms in total. The standard InChI is InChI=1S/C20H22N4O4S/c1-4-9-28-16-7-6-13(10-17(16)27-3)19(25)23-24-20(26)15-11-14(21-22-15)18-8-5-12(2)29-18/h5-8,10-11H,4,9H2,1-3H3,(H,21,22)(H,23,25)(H,24,26). The van der Waals surface area contributed by atoms with Crippen molar-refractivity contribution in [2.45, 2.75) is 20.3 Å². The molecular formula is C20H22N4O4S. The summed E-state index contributed by atoms with van der Waals surface area (Å²) in [4.78, 5) is 26.8. The van der Waals surface area contributed by atoms with Gasteiger partial charge in [0.05, 0.1) is 24.3 Å². The van der Waals surface area contributed by atoms with Gasteiger partial charge < -0.3 is 9.47 Å². The average Bonchev–Trinajstić information content (AvgIpc) is 3.39. The predicted octanol–water partition coefficient (Wildman–Crippen LogP) is 3.32. The van der Waals surface area contributed by atoms with Crippen LogP contribution in [0.3, 0.4) is 0 Å². The van der Waals surface area contributed by atoms with Crippen LogP contribution in [-0.2, 0) is 0 Å². The number of carbonyl (C=O) groups is 2. The van der Waals surface area contributed by atoms with Crippen molar-refractivity contribution in [1.29, 1.82) is 0 Å². The van der Waals surface area contributed by atoms with Crippen LogP contribution in [0.15, 0.2) is 36.4 Å². The Morgan fingerprint density at radius 1 is 1.10 bits per heavy atom. The number of thiophene rings is 1. The van der Waals surface area contributed by atoms with Crippen LogP contribution in [0, 0.1) is 6.92 Å². The Bertz CT molecular complexity index is 1010. The fourth-order valence-electron chi connectivity index (χ4n) is 2.53. The first-order valence-corrected chi connectivity index (χ1v) is 9.87. The molecule has 29 heavy (non-hydrogen) atoms. The topological polar surface area (TPSA) is 105 Å². The van der Waals surface area contributed by atoms with Gasteiger partial charge in [0, 0.05) is 10.4 Å². The van der Waals surface area contributed by atoms with E-state index in [1.165, 1.54) is 7.11 Å². The molecule has 0 saturated carbocycles. The molecular weight excluding hydrogens is 392 g/mol.